The van der Waals surface area contributed by atoms with Crippen LogP contribution >= 0.6 is 23.2 Å². The van der Waals surface area contributed by atoms with Crippen molar-refractivity contribution in [2.75, 3.05) is 6.54 Å². The second kappa shape index (κ2) is 7.16. The summed E-state index contributed by atoms with van der Waals surface area (Å²) in [6, 6.07) is 5.56. The number of aromatic nitrogens is 2. The average Bonchev–Trinajstić information content (AvgIpc) is 2.79. The lowest BCUT2D eigenvalue weighted by Crippen LogP contribution is -2.08. The van der Waals surface area contributed by atoms with Crippen LogP contribution < -0.4 is 10.5 Å². The van der Waals surface area contributed by atoms with Gasteiger partial charge in [-0.3, -0.25) is 4.68 Å². The zero-order valence-corrected chi connectivity index (χ0v) is 13.7. The van der Waals surface area contributed by atoms with E-state index in [-0.39, 0.29) is 0 Å². The third-order valence-electron chi connectivity index (χ3n) is 3.25. The molecule has 2 aromatic rings. The molecule has 1 aromatic heterocycles. The van der Waals surface area contributed by atoms with Gasteiger partial charge >= 0.3 is 0 Å². The summed E-state index contributed by atoms with van der Waals surface area (Å²) in [6.45, 7) is 2.99. The van der Waals surface area contributed by atoms with Crippen LogP contribution in [0.15, 0.2) is 18.2 Å². The molecule has 0 unspecified atom stereocenters. The second-order valence-electron chi connectivity index (χ2n) is 4.81. The van der Waals surface area contributed by atoms with Crippen molar-refractivity contribution in [2.45, 2.75) is 26.4 Å². The summed E-state index contributed by atoms with van der Waals surface area (Å²) in [4.78, 5) is 0. The summed E-state index contributed by atoms with van der Waals surface area (Å²) in [5, 5.41) is 5.49. The minimum absolute atomic E-state index is 0.405. The summed E-state index contributed by atoms with van der Waals surface area (Å²) in [5.74, 6) is 0.644. The fourth-order valence-electron chi connectivity index (χ4n) is 2.14. The van der Waals surface area contributed by atoms with Gasteiger partial charge in [0.2, 0.25) is 0 Å². The molecule has 0 saturated carbocycles. The third-order valence-corrected chi connectivity index (χ3v) is 3.75. The molecule has 0 aliphatic heterocycles. The molecule has 2 N–H and O–H groups in total. The van der Waals surface area contributed by atoms with E-state index in [1.807, 2.05) is 23.9 Å². The Kier molecular flexibility index (Phi) is 5.51. The number of benzene rings is 1. The summed E-state index contributed by atoms with van der Waals surface area (Å²) < 4.78 is 7.72. The Morgan fingerprint density at radius 3 is 2.67 bits per heavy atom. The molecule has 6 heteroatoms. The molecule has 0 radical (unpaired) electrons. The fourth-order valence-corrected chi connectivity index (χ4v) is 2.73. The van der Waals surface area contributed by atoms with E-state index >= 15 is 0 Å². The highest BCUT2D eigenvalue weighted by molar-refractivity contribution is 6.35. The monoisotopic (exact) mass is 327 g/mol. The van der Waals surface area contributed by atoms with Crippen LogP contribution in [0.4, 0.5) is 0 Å². The highest BCUT2D eigenvalue weighted by atomic mass is 35.5. The van der Waals surface area contributed by atoms with E-state index in [0.29, 0.717) is 35.4 Å². The van der Waals surface area contributed by atoms with E-state index in [9.17, 15) is 0 Å². The van der Waals surface area contributed by atoms with Gasteiger partial charge in [0.25, 0.3) is 0 Å². The van der Waals surface area contributed by atoms with Gasteiger partial charge in [-0.15, -0.1) is 0 Å². The molecular formula is C15H19Cl2N3O. The van der Waals surface area contributed by atoms with Crippen LogP contribution in [0.2, 0.25) is 10.0 Å². The van der Waals surface area contributed by atoms with Crippen LogP contribution in [-0.2, 0) is 26.5 Å². The standard InChI is InChI=1S/C15H19Cl2N3O/c1-3-12-8-13(20(2)19-12)9-21-15-10(4-5-18)6-11(16)7-14(15)17/h6-8H,3-5,9,18H2,1-2H3. The largest absolute Gasteiger partial charge is 0.485 e. The number of hydrogen-bond acceptors (Lipinski definition) is 3. The molecule has 4 nitrogen and oxygen atoms in total. The SMILES string of the molecule is CCc1cc(COc2c(Cl)cc(Cl)cc2CCN)n(C)n1. The van der Waals surface area contributed by atoms with Crippen molar-refractivity contribution in [2.24, 2.45) is 12.8 Å². The molecule has 21 heavy (non-hydrogen) atoms. The van der Waals surface area contributed by atoms with Crippen LogP contribution in [0.3, 0.4) is 0 Å². The highest BCUT2D eigenvalue weighted by Crippen LogP contribution is 2.33. The maximum absolute atomic E-state index is 6.24. The number of ether oxygens (including phenoxy) is 1. The minimum Gasteiger partial charge on any atom is -0.485 e. The molecular weight excluding hydrogens is 309 g/mol. The molecule has 2 rings (SSSR count). The van der Waals surface area contributed by atoms with Gasteiger partial charge in [0.05, 0.1) is 16.4 Å². The first kappa shape index (κ1) is 16.1. The normalized spacial score (nSPS) is 10.9. The molecule has 0 aliphatic carbocycles. The Bertz CT molecular complexity index is 626. The number of halogens is 2. The van der Waals surface area contributed by atoms with Gasteiger partial charge in [-0.2, -0.15) is 5.10 Å². The molecule has 0 fully saturated rings. The zero-order valence-electron chi connectivity index (χ0n) is 12.2. The molecule has 1 heterocycles. The maximum Gasteiger partial charge on any atom is 0.141 e. The Hall–Kier alpha value is -1.23. The third kappa shape index (κ3) is 3.90. The van der Waals surface area contributed by atoms with Gasteiger partial charge in [0.15, 0.2) is 0 Å². The first-order valence-corrected chi connectivity index (χ1v) is 7.63. The molecule has 0 atom stereocenters. The molecule has 0 bridgehead atoms. The van der Waals surface area contributed by atoms with Crippen LogP contribution in [0.25, 0.3) is 0 Å². The Morgan fingerprint density at radius 1 is 1.29 bits per heavy atom. The van der Waals surface area contributed by atoms with E-state index in [0.717, 1.165) is 23.4 Å². The predicted octanol–water partition coefficient (Wildman–Crippen LogP) is 3.37. The summed E-state index contributed by atoms with van der Waals surface area (Å²) >= 11 is 12.3. The highest BCUT2D eigenvalue weighted by Gasteiger charge is 2.12. The predicted molar refractivity (Wildman–Crippen MR) is 86.1 cm³/mol. The van der Waals surface area contributed by atoms with Gasteiger partial charge < -0.3 is 10.5 Å². The number of nitrogens with two attached hydrogens (primary N) is 1. The maximum atomic E-state index is 6.24. The van der Waals surface area contributed by atoms with E-state index in [4.69, 9.17) is 33.7 Å². The van der Waals surface area contributed by atoms with Crippen molar-refractivity contribution in [1.82, 2.24) is 9.78 Å². The molecule has 0 aliphatic rings. The molecule has 0 spiro atoms. The first-order chi connectivity index (χ1) is 10.0. The summed E-state index contributed by atoms with van der Waals surface area (Å²) in [5.41, 5.74) is 8.59. The molecule has 114 valence electrons. The molecule has 1 aromatic carbocycles. The van der Waals surface area contributed by atoms with E-state index in [2.05, 4.69) is 12.0 Å². The van der Waals surface area contributed by atoms with Crippen molar-refractivity contribution < 1.29 is 4.74 Å². The van der Waals surface area contributed by atoms with Crippen molar-refractivity contribution in [1.29, 1.82) is 0 Å². The van der Waals surface area contributed by atoms with Gasteiger partial charge in [-0.25, -0.2) is 0 Å². The average molecular weight is 328 g/mol. The van der Waals surface area contributed by atoms with E-state index < -0.39 is 0 Å². The van der Waals surface area contributed by atoms with Crippen molar-refractivity contribution >= 4 is 23.2 Å². The van der Waals surface area contributed by atoms with Crippen LogP contribution in [0, 0.1) is 0 Å². The van der Waals surface area contributed by atoms with Gasteiger partial charge in [0, 0.05) is 12.1 Å². The summed E-state index contributed by atoms with van der Waals surface area (Å²) in [6.07, 6.45) is 1.56. The van der Waals surface area contributed by atoms with Crippen LogP contribution in [0.1, 0.15) is 23.9 Å². The second-order valence-corrected chi connectivity index (χ2v) is 5.65. The fraction of sp³-hybridized carbons (Fsp3) is 0.400. The number of nitrogens with zero attached hydrogens (tertiary/aromatic N) is 2. The van der Waals surface area contributed by atoms with Crippen LogP contribution in [-0.4, -0.2) is 16.3 Å². The van der Waals surface area contributed by atoms with Crippen LogP contribution in [0.5, 0.6) is 5.75 Å². The Balaban J connectivity index is 2.20. The van der Waals surface area contributed by atoms with Gasteiger partial charge in [-0.1, -0.05) is 30.1 Å². The van der Waals surface area contributed by atoms with E-state index in [1.165, 1.54) is 0 Å². The Labute approximate surface area is 134 Å². The van der Waals surface area contributed by atoms with E-state index in [1.54, 1.807) is 6.07 Å². The lowest BCUT2D eigenvalue weighted by Gasteiger charge is -2.13. The van der Waals surface area contributed by atoms with Gasteiger partial charge in [-0.05, 0) is 43.1 Å². The molecule has 0 amide bonds. The lowest BCUT2D eigenvalue weighted by molar-refractivity contribution is 0.292. The van der Waals surface area contributed by atoms with Gasteiger partial charge in [0.1, 0.15) is 12.4 Å². The number of aryl methyl sites for hydroxylation is 2. The molecule has 0 saturated heterocycles. The number of hydrogen-bond donors (Lipinski definition) is 1. The Morgan fingerprint density at radius 2 is 2.05 bits per heavy atom. The smallest absolute Gasteiger partial charge is 0.141 e. The van der Waals surface area contributed by atoms with Crippen molar-refractivity contribution in [3.8, 4) is 5.75 Å². The van der Waals surface area contributed by atoms with Crippen molar-refractivity contribution in [3.05, 3.63) is 45.2 Å². The number of rotatable bonds is 6. The topological polar surface area (TPSA) is 53.1 Å². The van der Waals surface area contributed by atoms with Crippen molar-refractivity contribution in [3.63, 3.8) is 0 Å². The first-order valence-electron chi connectivity index (χ1n) is 6.87. The quantitative estimate of drug-likeness (QED) is 0.884. The zero-order chi connectivity index (χ0) is 15.4. The minimum atomic E-state index is 0.405. The summed E-state index contributed by atoms with van der Waals surface area (Å²) in [7, 11) is 1.90. The lowest BCUT2D eigenvalue weighted by atomic mass is 10.1.